The van der Waals surface area contributed by atoms with E-state index in [0.717, 1.165) is 36.0 Å². The summed E-state index contributed by atoms with van der Waals surface area (Å²) in [6, 6.07) is 11.9. The minimum Gasteiger partial charge on any atom is -0.353 e. The topological polar surface area (TPSA) is 66.3 Å². The second-order valence-corrected chi connectivity index (χ2v) is 7.05. The van der Waals surface area contributed by atoms with E-state index in [9.17, 15) is 4.79 Å². The third-order valence-corrected chi connectivity index (χ3v) is 5.02. The minimum atomic E-state index is -0.0534. The van der Waals surface area contributed by atoms with Crippen molar-refractivity contribution in [2.45, 2.75) is 13.8 Å². The molecular formula is C21H24N6O. The number of nitrogens with zero attached hydrogens (tertiary/aromatic N) is 5. The Balaban J connectivity index is 1.38. The first-order chi connectivity index (χ1) is 13.6. The zero-order chi connectivity index (χ0) is 19.5. The number of urea groups is 1. The highest BCUT2D eigenvalue weighted by molar-refractivity contribution is 5.90. The fourth-order valence-electron chi connectivity index (χ4n) is 3.43. The van der Waals surface area contributed by atoms with Gasteiger partial charge in [0.25, 0.3) is 0 Å². The van der Waals surface area contributed by atoms with E-state index >= 15 is 0 Å². The number of carbonyl (C=O) groups excluding carboxylic acids is 1. The van der Waals surface area contributed by atoms with E-state index in [2.05, 4.69) is 26.3 Å². The van der Waals surface area contributed by atoms with E-state index in [1.165, 1.54) is 5.56 Å². The molecule has 0 bridgehead atoms. The molecule has 28 heavy (non-hydrogen) atoms. The summed E-state index contributed by atoms with van der Waals surface area (Å²) in [6.45, 7) is 6.84. The Morgan fingerprint density at radius 3 is 2.39 bits per heavy atom. The molecule has 7 heteroatoms. The Bertz CT molecular complexity index is 961. The van der Waals surface area contributed by atoms with Gasteiger partial charge < -0.3 is 19.7 Å². The van der Waals surface area contributed by atoms with Crippen LogP contribution in [0.15, 0.2) is 55.1 Å². The molecule has 2 amide bonds. The van der Waals surface area contributed by atoms with Gasteiger partial charge >= 0.3 is 6.03 Å². The monoisotopic (exact) mass is 376 g/mol. The van der Waals surface area contributed by atoms with Gasteiger partial charge in [-0.3, -0.25) is 0 Å². The number of hydrogen-bond acceptors (Lipinski definition) is 4. The molecule has 3 aromatic rings. The summed E-state index contributed by atoms with van der Waals surface area (Å²) in [6.07, 6.45) is 5.51. The van der Waals surface area contributed by atoms with Crippen molar-refractivity contribution < 1.29 is 4.79 Å². The quantitative estimate of drug-likeness (QED) is 0.762. The van der Waals surface area contributed by atoms with Crippen LogP contribution in [0.3, 0.4) is 0 Å². The van der Waals surface area contributed by atoms with Crippen molar-refractivity contribution in [1.82, 2.24) is 19.4 Å². The van der Waals surface area contributed by atoms with Crippen LogP contribution in [0.4, 0.5) is 16.3 Å². The van der Waals surface area contributed by atoms with E-state index in [4.69, 9.17) is 0 Å². The van der Waals surface area contributed by atoms with Gasteiger partial charge in [-0.25, -0.2) is 14.8 Å². The van der Waals surface area contributed by atoms with Crippen molar-refractivity contribution in [2.24, 2.45) is 0 Å². The first kappa shape index (κ1) is 18.0. The van der Waals surface area contributed by atoms with E-state index in [1.54, 1.807) is 6.33 Å². The average Bonchev–Trinajstić information content (AvgIpc) is 3.25. The number of anilines is 2. The van der Waals surface area contributed by atoms with Crippen LogP contribution in [0.25, 0.3) is 5.82 Å². The van der Waals surface area contributed by atoms with Crippen LogP contribution in [0, 0.1) is 13.8 Å². The molecule has 0 unspecified atom stereocenters. The van der Waals surface area contributed by atoms with Gasteiger partial charge in [0.15, 0.2) is 0 Å². The number of nitrogens with one attached hydrogen (secondary N) is 1. The number of benzene rings is 1. The van der Waals surface area contributed by atoms with Crippen molar-refractivity contribution >= 4 is 17.5 Å². The molecule has 1 aromatic carbocycles. The minimum absolute atomic E-state index is 0.0534. The lowest BCUT2D eigenvalue weighted by atomic mass is 10.1. The first-order valence-corrected chi connectivity index (χ1v) is 9.44. The predicted molar refractivity (Wildman–Crippen MR) is 110 cm³/mol. The van der Waals surface area contributed by atoms with Crippen molar-refractivity contribution in [3.8, 4) is 5.82 Å². The molecular weight excluding hydrogens is 352 g/mol. The van der Waals surface area contributed by atoms with E-state index < -0.39 is 0 Å². The summed E-state index contributed by atoms with van der Waals surface area (Å²) in [5.74, 6) is 1.72. The standard InChI is InChI=1S/C21H24N6O/c1-16-5-6-18(17(2)13-16)24-21(28)27-11-9-26(10-12-27)20-14-19(22-15-23-20)25-7-3-4-8-25/h3-8,13-15H,9-12H2,1-2H3,(H,24,28). The van der Waals surface area contributed by atoms with Crippen LogP contribution in [0.1, 0.15) is 11.1 Å². The summed E-state index contributed by atoms with van der Waals surface area (Å²) < 4.78 is 1.96. The summed E-state index contributed by atoms with van der Waals surface area (Å²) in [4.78, 5) is 25.4. The Hall–Kier alpha value is -3.35. The number of piperazine rings is 1. The SMILES string of the molecule is Cc1ccc(NC(=O)N2CCN(c3cc(-n4cccc4)ncn3)CC2)c(C)c1. The van der Waals surface area contributed by atoms with Crippen molar-refractivity contribution in [3.63, 3.8) is 0 Å². The van der Waals surface area contributed by atoms with Crippen LogP contribution in [-0.2, 0) is 0 Å². The van der Waals surface area contributed by atoms with Crippen LogP contribution >= 0.6 is 0 Å². The van der Waals surface area contributed by atoms with Gasteiger partial charge in [0.2, 0.25) is 0 Å². The normalized spacial score (nSPS) is 14.2. The van der Waals surface area contributed by atoms with E-state index in [1.807, 2.05) is 66.0 Å². The lowest BCUT2D eigenvalue weighted by Gasteiger charge is -2.35. The maximum atomic E-state index is 12.6. The summed E-state index contributed by atoms with van der Waals surface area (Å²) in [5, 5.41) is 3.03. The third kappa shape index (κ3) is 3.83. The maximum absolute atomic E-state index is 12.6. The highest BCUT2D eigenvalue weighted by Crippen LogP contribution is 2.19. The lowest BCUT2D eigenvalue weighted by molar-refractivity contribution is 0.208. The number of aryl methyl sites for hydroxylation is 2. The molecule has 7 nitrogen and oxygen atoms in total. The highest BCUT2D eigenvalue weighted by atomic mass is 16.2. The van der Waals surface area contributed by atoms with Crippen molar-refractivity contribution in [1.29, 1.82) is 0 Å². The lowest BCUT2D eigenvalue weighted by Crippen LogP contribution is -2.50. The molecule has 0 radical (unpaired) electrons. The Labute approximate surface area is 164 Å². The maximum Gasteiger partial charge on any atom is 0.321 e. The molecule has 144 valence electrons. The number of aromatic nitrogens is 3. The van der Waals surface area contributed by atoms with E-state index in [0.29, 0.717) is 13.1 Å². The molecule has 1 aliphatic heterocycles. The fourth-order valence-corrected chi connectivity index (χ4v) is 3.43. The second-order valence-electron chi connectivity index (χ2n) is 7.05. The van der Waals surface area contributed by atoms with Gasteiger partial charge in [-0.2, -0.15) is 0 Å². The molecule has 3 heterocycles. The molecule has 0 atom stereocenters. The molecule has 0 aliphatic carbocycles. The first-order valence-electron chi connectivity index (χ1n) is 9.44. The predicted octanol–water partition coefficient (Wildman–Crippen LogP) is 3.24. The molecule has 0 saturated carbocycles. The van der Waals surface area contributed by atoms with Gasteiger partial charge in [-0.15, -0.1) is 0 Å². The van der Waals surface area contributed by atoms with Gasteiger partial charge in [0, 0.05) is 50.3 Å². The molecule has 1 N–H and O–H groups in total. The third-order valence-electron chi connectivity index (χ3n) is 5.02. The van der Waals surface area contributed by atoms with Gasteiger partial charge in [-0.05, 0) is 37.6 Å². The van der Waals surface area contributed by atoms with E-state index in [-0.39, 0.29) is 6.03 Å². The zero-order valence-corrected chi connectivity index (χ0v) is 16.2. The molecule has 1 fully saturated rings. The smallest absolute Gasteiger partial charge is 0.321 e. The molecule has 2 aromatic heterocycles. The number of hydrogen-bond donors (Lipinski definition) is 1. The second kappa shape index (κ2) is 7.72. The molecule has 4 rings (SSSR count). The summed E-state index contributed by atoms with van der Waals surface area (Å²) in [7, 11) is 0. The summed E-state index contributed by atoms with van der Waals surface area (Å²) in [5.41, 5.74) is 3.13. The Kier molecular flexibility index (Phi) is 4.97. The van der Waals surface area contributed by atoms with Crippen LogP contribution in [0.2, 0.25) is 0 Å². The highest BCUT2D eigenvalue weighted by Gasteiger charge is 2.22. The van der Waals surface area contributed by atoms with Gasteiger partial charge in [0.05, 0.1) is 0 Å². The Morgan fingerprint density at radius 1 is 0.964 bits per heavy atom. The largest absolute Gasteiger partial charge is 0.353 e. The van der Waals surface area contributed by atoms with Crippen LogP contribution in [0.5, 0.6) is 0 Å². The number of carbonyl (C=O) groups is 1. The zero-order valence-electron chi connectivity index (χ0n) is 16.2. The molecule has 0 spiro atoms. The van der Waals surface area contributed by atoms with Gasteiger partial charge in [0.1, 0.15) is 18.0 Å². The number of rotatable bonds is 3. The summed E-state index contributed by atoms with van der Waals surface area (Å²) >= 11 is 0. The average molecular weight is 376 g/mol. The van der Waals surface area contributed by atoms with Crippen LogP contribution in [-0.4, -0.2) is 51.6 Å². The Morgan fingerprint density at radius 2 is 1.68 bits per heavy atom. The van der Waals surface area contributed by atoms with Gasteiger partial charge in [-0.1, -0.05) is 17.7 Å². The number of amides is 2. The van der Waals surface area contributed by atoms with Crippen molar-refractivity contribution in [3.05, 3.63) is 66.2 Å². The fraction of sp³-hybridized carbons (Fsp3) is 0.286. The molecule has 1 aliphatic rings. The molecule has 1 saturated heterocycles. The van der Waals surface area contributed by atoms with Crippen molar-refractivity contribution in [2.75, 3.05) is 36.4 Å². The van der Waals surface area contributed by atoms with Crippen LogP contribution < -0.4 is 10.2 Å².